The van der Waals surface area contributed by atoms with Crippen LogP contribution in [0, 0.1) is 16.0 Å². The molecule has 0 spiro atoms. The molecule has 25 heavy (non-hydrogen) atoms. The fourth-order valence-electron chi connectivity index (χ4n) is 2.41. The van der Waals surface area contributed by atoms with Crippen molar-refractivity contribution in [1.29, 1.82) is 0 Å². The number of amides is 1. The largest absolute Gasteiger partial charge is 0.389 e. The van der Waals surface area contributed by atoms with Crippen molar-refractivity contribution in [2.24, 2.45) is 5.92 Å². The highest BCUT2D eigenvalue weighted by atomic mass is 16.6. The fourth-order valence-corrected chi connectivity index (χ4v) is 2.41. The zero-order valence-electron chi connectivity index (χ0n) is 13.9. The van der Waals surface area contributed by atoms with Crippen molar-refractivity contribution in [2.45, 2.75) is 37.8 Å². The van der Waals surface area contributed by atoms with Crippen LogP contribution < -0.4 is 10.6 Å². The predicted molar refractivity (Wildman–Crippen MR) is 91.6 cm³/mol. The summed E-state index contributed by atoms with van der Waals surface area (Å²) in [6.45, 7) is 0.986. The maximum atomic E-state index is 12.0. The molecule has 8 nitrogen and oxygen atoms in total. The van der Waals surface area contributed by atoms with Crippen LogP contribution >= 0.6 is 0 Å². The van der Waals surface area contributed by atoms with E-state index in [9.17, 15) is 20.0 Å². The third kappa shape index (κ3) is 5.40. The summed E-state index contributed by atoms with van der Waals surface area (Å²) in [4.78, 5) is 22.8. The molecule has 1 atom stereocenters. The normalized spacial score (nSPS) is 17.8. The van der Waals surface area contributed by atoms with Crippen molar-refractivity contribution < 1.29 is 19.6 Å². The highest BCUT2D eigenvalue weighted by Gasteiger charge is 2.25. The zero-order chi connectivity index (χ0) is 17.8. The summed E-state index contributed by atoms with van der Waals surface area (Å²) in [6.07, 6.45) is 3.52. The van der Waals surface area contributed by atoms with E-state index in [1.54, 1.807) is 6.07 Å². The van der Waals surface area contributed by atoms with Crippen molar-refractivity contribution in [3.63, 3.8) is 0 Å². The van der Waals surface area contributed by atoms with Gasteiger partial charge in [0.2, 0.25) is 0 Å². The lowest BCUT2D eigenvalue weighted by Crippen LogP contribution is -2.26. The molecule has 136 valence electrons. The van der Waals surface area contributed by atoms with Gasteiger partial charge in [-0.2, -0.15) is 0 Å². The summed E-state index contributed by atoms with van der Waals surface area (Å²) in [6, 6.07) is 4.49. The number of hydrogen-bond acceptors (Lipinski definition) is 6. The molecule has 0 radical (unpaired) electrons. The first-order chi connectivity index (χ1) is 12.0. The lowest BCUT2D eigenvalue weighted by Gasteiger charge is -2.14. The van der Waals surface area contributed by atoms with E-state index in [4.69, 9.17) is 4.74 Å². The van der Waals surface area contributed by atoms with Crippen molar-refractivity contribution >= 4 is 17.3 Å². The van der Waals surface area contributed by atoms with Crippen LogP contribution in [-0.2, 0) is 4.74 Å². The van der Waals surface area contributed by atoms with Gasteiger partial charge in [-0.1, -0.05) is 0 Å². The van der Waals surface area contributed by atoms with E-state index in [0.717, 1.165) is 12.8 Å². The lowest BCUT2D eigenvalue weighted by atomic mass is 10.1. The van der Waals surface area contributed by atoms with Crippen molar-refractivity contribution in [1.82, 2.24) is 5.32 Å². The van der Waals surface area contributed by atoms with Crippen LogP contribution in [0.2, 0.25) is 0 Å². The van der Waals surface area contributed by atoms with Gasteiger partial charge < -0.3 is 20.5 Å². The number of rotatable bonds is 10. The highest BCUT2D eigenvalue weighted by molar-refractivity contribution is 5.96. The second-order valence-corrected chi connectivity index (χ2v) is 6.75. The van der Waals surface area contributed by atoms with Gasteiger partial charge in [0, 0.05) is 30.8 Å². The first-order valence-electron chi connectivity index (χ1n) is 8.62. The molecule has 0 heterocycles. The average molecular weight is 349 g/mol. The molecule has 0 aliphatic heterocycles. The Morgan fingerprint density at radius 1 is 1.36 bits per heavy atom. The SMILES string of the molecule is O=C(NC1CC1)c1ccc(NCC(O)COCC2CC2)c([N+](=O)[O-])c1. The topological polar surface area (TPSA) is 114 Å². The number of benzene rings is 1. The van der Waals surface area contributed by atoms with Gasteiger partial charge >= 0.3 is 0 Å². The second-order valence-electron chi connectivity index (χ2n) is 6.75. The van der Waals surface area contributed by atoms with Crippen LogP contribution in [0.4, 0.5) is 11.4 Å². The Morgan fingerprint density at radius 2 is 2.12 bits per heavy atom. The molecule has 0 saturated heterocycles. The number of carbonyl (C=O) groups excluding carboxylic acids is 1. The van der Waals surface area contributed by atoms with Crippen LogP contribution in [0.5, 0.6) is 0 Å². The minimum Gasteiger partial charge on any atom is -0.389 e. The summed E-state index contributed by atoms with van der Waals surface area (Å²) in [5.41, 5.74) is 0.348. The van der Waals surface area contributed by atoms with Gasteiger partial charge in [-0.15, -0.1) is 0 Å². The average Bonchev–Trinajstić information content (AvgIpc) is 3.48. The fraction of sp³-hybridized carbons (Fsp3) is 0.588. The van der Waals surface area contributed by atoms with Gasteiger partial charge in [0.05, 0.1) is 17.6 Å². The van der Waals surface area contributed by atoms with Crippen molar-refractivity contribution in [3.8, 4) is 0 Å². The molecular formula is C17H23N3O5. The lowest BCUT2D eigenvalue weighted by molar-refractivity contribution is -0.384. The Bertz CT molecular complexity index is 643. The Kier molecular flexibility index (Phi) is 5.50. The molecule has 0 bridgehead atoms. The minimum absolute atomic E-state index is 0.138. The molecule has 1 aromatic rings. The van der Waals surface area contributed by atoms with Gasteiger partial charge in [0.1, 0.15) is 5.69 Å². The number of nitro benzene ring substituents is 1. The van der Waals surface area contributed by atoms with E-state index in [2.05, 4.69) is 10.6 Å². The smallest absolute Gasteiger partial charge is 0.293 e. The summed E-state index contributed by atoms with van der Waals surface area (Å²) < 4.78 is 5.40. The second kappa shape index (κ2) is 7.79. The molecule has 0 aromatic heterocycles. The number of aliphatic hydroxyl groups is 1. The number of nitrogens with one attached hydrogen (secondary N) is 2. The highest BCUT2D eigenvalue weighted by Crippen LogP contribution is 2.29. The van der Waals surface area contributed by atoms with Gasteiger partial charge in [0.15, 0.2) is 0 Å². The number of nitro groups is 1. The summed E-state index contributed by atoms with van der Waals surface area (Å²) in [5.74, 6) is 0.321. The standard InChI is InChI=1S/C17H23N3O5/c21-14(10-25-9-11-1-2-11)8-18-15-6-3-12(7-16(15)20(23)24)17(22)19-13-4-5-13/h3,6-7,11,13-14,18,21H,1-2,4-5,8-10H2,(H,19,22). The monoisotopic (exact) mass is 349 g/mol. The molecule has 3 rings (SSSR count). The molecule has 2 saturated carbocycles. The molecule has 1 unspecified atom stereocenters. The number of anilines is 1. The first kappa shape index (κ1) is 17.6. The number of hydrogen-bond donors (Lipinski definition) is 3. The zero-order valence-corrected chi connectivity index (χ0v) is 13.9. The molecule has 1 amide bonds. The molecular weight excluding hydrogens is 326 g/mol. The molecule has 2 aliphatic carbocycles. The number of aliphatic hydroxyl groups excluding tert-OH is 1. The molecule has 8 heteroatoms. The third-order valence-electron chi connectivity index (χ3n) is 4.26. The molecule has 2 aliphatic rings. The Hall–Kier alpha value is -2.19. The maximum Gasteiger partial charge on any atom is 0.293 e. The van der Waals surface area contributed by atoms with Crippen LogP contribution in [0.1, 0.15) is 36.0 Å². The van der Waals surface area contributed by atoms with Gasteiger partial charge in [-0.25, -0.2) is 0 Å². The minimum atomic E-state index is -0.754. The summed E-state index contributed by atoms with van der Waals surface area (Å²) >= 11 is 0. The van der Waals surface area contributed by atoms with Crippen molar-refractivity contribution in [2.75, 3.05) is 25.1 Å². The van der Waals surface area contributed by atoms with E-state index in [-0.39, 0.29) is 42.0 Å². The quantitative estimate of drug-likeness (QED) is 0.437. The van der Waals surface area contributed by atoms with Crippen LogP contribution in [-0.4, -0.2) is 47.8 Å². The first-order valence-corrected chi connectivity index (χ1v) is 8.62. The number of ether oxygens (including phenoxy) is 1. The summed E-state index contributed by atoms with van der Waals surface area (Å²) in [5, 5.41) is 26.8. The Labute approximate surface area is 145 Å². The Morgan fingerprint density at radius 3 is 2.76 bits per heavy atom. The maximum absolute atomic E-state index is 12.0. The van der Waals surface area contributed by atoms with E-state index in [0.29, 0.717) is 12.5 Å². The van der Waals surface area contributed by atoms with Gasteiger partial charge in [0.25, 0.3) is 11.6 Å². The molecule has 2 fully saturated rings. The number of nitrogens with zero attached hydrogens (tertiary/aromatic N) is 1. The summed E-state index contributed by atoms with van der Waals surface area (Å²) in [7, 11) is 0. The Balaban J connectivity index is 1.55. The predicted octanol–water partition coefficient (Wildman–Crippen LogP) is 1.69. The molecule has 3 N–H and O–H groups in total. The van der Waals surface area contributed by atoms with E-state index >= 15 is 0 Å². The van der Waals surface area contributed by atoms with E-state index in [1.807, 2.05) is 0 Å². The van der Waals surface area contributed by atoms with Crippen LogP contribution in [0.3, 0.4) is 0 Å². The van der Waals surface area contributed by atoms with Crippen molar-refractivity contribution in [3.05, 3.63) is 33.9 Å². The molecule has 1 aromatic carbocycles. The van der Waals surface area contributed by atoms with Gasteiger partial charge in [-0.05, 0) is 43.7 Å². The van der Waals surface area contributed by atoms with Crippen LogP contribution in [0.15, 0.2) is 18.2 Å². The van der Waals surface area contributed by atoms with E-state index < -0.39 is 11.0 Å². The number of carbonyl (C=O) groups is 1. The van der Waals surface area contributed by atoms with Crippen LogP contribution in [0.25, 0.3) is 0 Å². The van der Waals surface area contributed by atoms with E-state index in [1.165, 1.54) is 25.0 Å². The third-order valence-corrected chi connectivity index (χ3v) is 4.26. The van der Waals surface area contributed by atoms with Gasteiger partial charge in [-0.3, -0.25) is 14.9 Å².